The Labute approximate surface area is 218 Å². The van der Waals surface area contributed by atoms with Crippen molar-refractivity contribution in [3.63, 3.8) is 0 Å². The fourth-order valence-corrected chi connectivity index (χ4v) is 7.91. The summed E-state index contributed by atoms with van der Waals surface area (Å²) >= 11 is 9.24. The van der Waals surface area contributed by atoms with Gasteiger partial charge in [-0.3, -0.25) is 0 Å². The molecule has 0 saturated carbocycles. The number of benzene rings is 4. The summed E-state index contributed by atoms with van der Waals surface area (Å²) in [6, 6.07) is 33.8. The van der Waals surface area contributed by atoms with Crippen molar-refractivity contribution >= 4 is 54.9 Å². The van der Waals surface area contributed by atoms with Gasteiger partial charge < -0.3 is 0 Å². The van der Waals surface area contributed by atoms with E-state index in [4.69, 9.17) is 11.6 Å². The highest BCUT2D eigenvalue weighted by Gasteiger charge is 2.53. The van der Waals surface area contributed by atoms with E-state index in [-0.39, 0.29) is 4.90 Å². The van der Waals surface area contributed by atoms with Crippen LogP contribution in [0.4, 0.5) is 5.69 Å². The van der Waals surface area contributed by atoms with Crippen LogP contribution in [0.1, 0.15) is 22.3 Å². The molecule has 0 fully saturated rings. The third-order valence-corrected chi connectivity index (χ3v) is 9.97. The smallest absolute Gasteiger partial charge is 0.246 e. The summed E-state index contributed by atoms with van der Waals surface area (Å²) in [5, 5.41) is 0.541. The molecule has 4 aromatic carbocycles. The van der Waals surface area contributed by atoms with E-state index >= 15 is 0 Å². The van der Waals surface area contributed by atoms with E-state index in [2.05, 4.69) is 22.6 Å². The van der Waals surface area contributed by atoms with Gasteiger partial charge in [0.05, 0.1) is 15.6 Å². The van der Waals surface area contributed by atoms with Crippen LogP contribution >= 0.6 is 34.2 Å². The van der Waals surface area contributed by atoms with E-state index in [9.17, 15) is 8.42 Å². The third-order valence-electron chi connectivity index (χ3n) is 6.12. The SMILES string of the molecule is Cc1ccc(S(=O)(=O)N2c3ccccc3C(Cl)=C(I)C2(c2ccccc2)c2ccccc2)cc1. The molecule has 0 aliphatic carbocycles. The number of anilines is 1. The molecule has 0 saturated heterocycles. The summed E-state index contributed by atoms with van der Waals surface area (Å²) in [5.41, 5.74) is 2.67. The van der Waals surface area contributed by atoms with Gasteiger partial charge in [0.15, 0.2) is 0 Å². The first-order chi connectivity index (χ1) is 16.4. The Balaban J connectivity index is 1.96. The minimum absolute atomic E-state index is 0.228. The number of aryl methyl sites for hydroxylation is 1. The summed E-state index contributed by atoms with van der Waals surface area (Å²) in [7, 11) is -4.02. The van der Waals surface area contributed by atoms with Crippen molar-refractivity contribution in [2.45, 2.75) is 17.4 Å². The van der Waals surface area contributed by atoms with Gasteiger partial charge in [-0.25, -0.2) is 12.7 Å². The predicted octanol–water partition coefficient (Wildman–Crippen LogP) is 7.49. The van der Waals surface area contributed by atoms with E-state index in [1.165, 1.54) is 0 Å². The number of hydrogen-bond donors (Lipinski definition) is 0. The highest BCUT2D eigenvalue weighted by molar-refractivity contribution is 14.1. The fourth-order valence-electron chi connectivity index (χ4n) is 4.52. The van der Waals surface area contributed by atoms with Crippen molar-refractivity contribution in [3.8, 4) is 0 Å². The van der Waals surface area contributed by atoms with Crippen LogP contribution in [0.3, 0.4) is 0 Å². The van der Waals surface area contributed by atoms with Crippen LogP contribution in [0.15, 0.2) is 118 Å². The van der Waals surface area contributed by atoms with Crippen molar-refractivity contribution in [1.29, 1.82) is 0 Å². The second-order valence-corrected chi connectivity index (χ2v) is 11.4. The van der Waals surface area contributed by atoms with Crippen molar-refractivity contribution in [3.05, 3.63) is 135 Å². The van der Waals surface area contributed by atoms with Crippen molar-refractivity contribution in [1.82, 2.24) is 0 Å². The van der Waals surface area contributed by atoms with E-state index in [0.717, 1.165) is 20.3 Å². The topological polar surface area (TPSA) is 37.4 Å². The molecule has 0 spiro atoms. The zero-order chi connectivity index (χ0) is 23.9. The lowest BCUT2D eigenvalue weighted by molar-refractivity contribution is 0.565. The first-order valence-corrected chi connectivity index (χ1v) is 13.7. The quantitative estimate of drug-likeness (QED) is 0.229. The molecule has 0 bridgehead atoms. The zero-order valence-corrected chi connectivity index (χ0v) is 22.1. The molecule has 34 heavy (non-hydrogen) atoms. The number of rotatable bonds is 4. The molecule has 6 heteroatoms. The van der Waals surface area contributed by atoms with Crippen molar-refractivity contribution in [2.75, 3.05) is 4.31 Å². The van der Waals surface area contributed by atoms with Gasteiger partial charge in [-0.1, -0.05) is 108 Å². The van der Waals surface area contributed by atoms with Crippen LogP contribution in [0.25, 0.3) is 5.03 Å². The number of nitrogens with zero attached hydrogens (tertiary/aromatic N) is 1. The summed E-state index contributed by atoms with van der Waals surface area (Å²) in [4.78, 5) is 0.228. The van der Waals surface area contributed by atoms with Crippen molar-refractivity contribution in [2.24, 2.45) is 0 Å². The predicted molar refractivity (Wildman–Crippen MR) is 148 cm³/mol. The average Bonchev–Trinajstić information content (AvgIpc) is 2.87. The molecule has 5 rings (SSSR count). The molecule has 1 aliphatic rings. The molecular weight excluding hydrogens is 577 g/mol. The van der Waals surface area contributed by atoms with Gasteiger partial charge in [0.1, 0.15) is 5.54 Å². The van der Waals surface area contributed by atoms with Gasteiger partial charge in [0.25, 0.3) is 10.0 Å². The summed E-state index contributed by atoms with van der Waals surface area (Å²) in [6.07, 6.45) is 0. The zero-order valence-electron chi connectivity index (χ0n) is 18.3. The van der Waals surface area contributed by atoms with Gasteiger partial charge in [0, 0.05) is 9.14 Å². The minimum atomic E-state index is -4.02. The third kappa shape index (κ3) is 3.49. The van der Waals surface area contributed by atoms with E-state index in [0.29, 0.717) is 16.3 Å². The molecule has 0 N–H and O–H groups in total. The molecule has 0 aromatic heterocycles. The molecule has 0 unspecified atom stereocenters. The Morgan fingerprint density at radius 2 is 1.24 bits per heavy atom. The van der Waals surface area contributed by atoms with Crippen LogP contribution in [0.5, 0.6) is 0 Å². The molecule has 1 heterocycles. The largest absolute Gasteiger partial charge is 0.265 e. The highest BCUT2D eigenvalue weighted by atomic mass is 127. The van der Waals surface area contributed by atoms with E-state index in [1.54, 1.807) is 16.4 Å². The molecule has 3 nitrogen and oxygen atoms in total. The summed E-state index contributed by atoms with van der Waals surface area (Å²) in [6.45, 7) is 1.94. The first-order valence-electron chi connectivity index (χ1n) is 10.8. The number of halogens is 2. The summed E-state index contributed by atoms with van der Waals surface area (Å²) < 4.78 is 31.3. The monoisotopic (exact) mass is 597 g/mol. The summed E-state index contributed by atoms with van der Waals surface area (Å²) in [5.74, 6) is 0. The lowest BCUT2D eigenvalue weighted by Crippen LogP contribution is -2.53. The normalized spacial score (nSPS) is 15.2. The second-order valence-electron chi connectivity index (χ2n) is 8.17. The Morgan fingerprint density at radius 3 is 1.79 bits per heavy atom. The lowest BCUT2D eigenvalue weighted by Gasteiger charge is -2.48. The van der Waals surface area contributed by atoms with Crippen LogP contribution in [0, 0.1) is 6.92 Å². The van der Waals surface area contributed by atoms with E-state index in [1.807, 2.05) is 104 Å². The first kappa shape index (κ1) is 23.1. The van der Waals surface area contributed by atoms with Gasteiger partial charge in [-0.2, -0.15) is 0 Å². The van der Waals surface area contributed by atoms with Gasteiger partial charge >= 0.3 is 0 Å². The molecule has 0 atom stereocenters. The molecule has 0 radical (unpaired) electrons. The average molecular weight is 598 g/mol. The standard InChI is InChI=1S/C28H21ClINO2S/c1-20-16-18-23(19-17-20)34(32,33)31-25-15-9-8-14-24(25)26(29)27(30)28(31,21-10-4-2-5-11-21)22-12-6-3-7-13-22/h2-19H,1H3. The Kier molecular flexibility index (Phi) is 6.04. The second kappa shape index (κ2) is 8.87. The molecule has 0 amide bonds. The molecule has 4 aromatic rings. The lowest BCUT2D eigenvalue weighted by atomic mass is 9.79. The van der Waals surface area contributed by atoms with Gasteiger partial charge in [-0.15, -0.1) is 0 Å². The maximum absolute atomic E-state index is 14.5. The Bertz CT molecular complexity index is 1450. The number of fused-ring (bicyclic) bond motifs is 1. The van der Waals surface area contributed by atoms with E-state index < -0.39 is 15.6 Å². The molecular formula is C28H21ClINO2S. The minimum Gasteiger partial charge on any atom is -0.246 e. The van der Waals surface area contributed by atoms with Crippen LogP contribution < -0.4 is 4.31 Å². The van der Waals surface area contributed by atoms with Gasteiger partial charge in [0.2, 0.25) is 0 Å². The molecule has 170 valence electrons. The number of sulfonamides is 1. The Morgan fingerprint density at radius 1 is 0.735 bits per heavy atom. The molecule has 1 aliphatic heterocycles. The van der Waals surface area contributed by atoms with Crippen LogP contribution in [0.2, 0.25) is 0 Å². The Hall–Kier alpha value is -2.61. The maximum Gasteiger partial charge on any atom is 0.265 e. The van der Waals surface area contributed by atoms with Gasteiger partial charge in [-0.05, 0) is 58.8 Å². The van der Waals surface area contributed by atoms with Crippen LogP contribution in [-0.4, -0.2) is 8.42 Å². The fraction of sp³-hybridized carbons (Fsp3) is 0.0714. The maximum atomic E-state index is 14.5. The highest BCUT2D eigenvalue weighted by Crippen LogP contribution is 2.57. The van der Waals surface area contributed by atoms with Crippen LogP contribution in [-0.2, 0) is 15.6 Å². The number of para-hydroxylation sites is 1. The van der Waals surface area contributed by atoms with Crippen molar-refractivity contribution < 1.29 is 8.42 Å². The number of hydrogen-bond acceptors (Lipinski definition) is 2.